The lowest BCUT2D eigenvalue weighted by Crippen LogP contribution is -2.52. The number of benzene rings is 2. The van der Waals surface area contributed by atoms with Crippen molar-refractivity contribution < 1.29 is 9.90 Å². The molecular weight excluding hydrogens is 386 g/mol. The molecule has 154 valence electrons. The Morgan fingerprint density at radius 2 is 1.86 bits per heavy atom. The smallest absolute Gasteiger partial charge is 0.240 e. The van der Waals surface area contributed by atoms with Crippen LogP contribution in [0.1, 0.15) is 30.9 Å². The average Bonchev–Trinajstić information content (AvgIpc) is 2.98. The lowest BCUT2D eigenvalue weighted by molar-refractivity contribution is -0.126. The predicted molar refractivity (Wildman–Crippen MR) is 116 cm³/mol. The maximum atomic E-state index is 13.6. The van der Waals surface area contributed by atoms with Gasteiger partial charge in [-0.05, 0) is 50.2 Å². The normalized spacial score (nSPS) is 19.6. The maximum absolute atomic E-state index is 13.6. The van der Waals surface area contributed by atoms with Crippen molar-refractivity contribution in [2.75, 3.05) is 31.1 Å². The number of piperidine rings is 1. The zero-order valence-corrected chi connectivity index (χ0v) is 17.5. The zero-order chi connectivity index (χ0) is 20.4. The molecule has 1 atom stereocenters. The average molecular weight is 414 g/mol. The molecule has 6 heteroatoms. The van der Waals surface area contributed by atoms with E-state index in [1.807, 2.05) is 31.2 Å². The number of likely N-dealkylation sites (tertiary alicyclic amines) is 1. The molecule has 1 unspecified atom stereocenters. The standard InChI is InChI=1S/C23H28ClN3O2/c1-2-25-15-20(28)27-19-10-6-9-18(24)21(19)23(22(27)29)11-13-26(14-12-23)16-17-7-4-3-5-8-17/h3-10,20,25,28H,2,11-16H2,1H3. The van der Waals surface area contributed by atoms with Crippen LogP contribution in [0.15, 0.2) is 48.5 Å². The molecule has 2 aliphatic rings. The van der Waals surface area contributed by atoms with Gasteiger partial charge in [0.1, 0.15) is 6.23 Å². The van der Waals surface area contributed by atoms with Crippen molar-refractivity contribution in [2.45, 2.75) is 38.0 Å². The molecule has 2 heterocycles. The van der Waals surface area contributed by atoms with Gasteiger partial charge in [-0.3, -0.25) is 14.6 Å². The van der Waals surface area contributed by atoms with E-state index in [4.69, 9.17) is 11.6 Å². The lowest BCUT2D eigenvalue weighted by Gasteiger charge is -2.39. The van der Waals surface area contributed by atoms with E-state index in [-0.39, 0.29) is 5.91 Å². The highest BCUT2D eigenvalue weighted by Crippen LogP contribution is 2.51. The molecule has 2 N–H and O–H groups in total. The molecule has 0 aliphatic carbocycles. The number of carbonyl (C=O) groups excluding carboxylic acids is 1. The van der Waals surface area contributed by atoms with Crippen LogP contribution < -0.4 is 10.2 Å². The monoisotopic (exact) mass is 413 g/mol. The summed E-state index contributed by atoms with van der Waals surface area (Å²) in [6, 6.07) is 16.0. The van der Waals surface area contributed by atoms with Crippen LogP contribution in [0.2, 0.25) is 5.02 Å². The van der Waals surface area contributed by atoms with Gasteiger partial charge in [-0.25, -0.2) is 0 Å². The number of fused-ring (bicyclic) bond motifs is 2. The molecule has 1 spiro atoms. The van der Waals surface area contributed by atoms with Crippen molar-refractivity contribution >= 4 is 23.2 Å². The van der Waals surface area contributed by atoms with E-state index in [1.54, 1.807) is 4.90 Å². The van der Waals surface area contributed by atoms with Crippen molar-refractivity contribution in [3.05, 3.63) is 64.7 Å². The molecule has 1 amide bonds. The molecule has 1 fully saturated rings. The summed E-state index contributed by atoms with van der Waals surface area (Å²) in [7, 11) is 0. The van der Waals surface area contributed by atoms with Crippen LogP contribution in [-0.4, -0.2) is 48.3 Å². The SMILES string of the molecule is CCNCC(O)N1C(=O)C2(CCN(Cc3ccccc3)CC2)c2c(Cl)cccc21. The summed E-state index contributed by atoms with van der Waals surface area (Å²) in [4.78, 5) is 17.6. The highest BCUT2D eigenvalue weighted by molar-refractivity contribution is 6.33. The van der Waals surface area contributed by atoms with Gasteiger partial charge in [0.25, 0.3) is 0 Å². The Morgan fingerprint density at radius 3 is 2.55 bits per heavy atom. The number of hydrogen-bond donors (Lipinski definition) is 2. The predicted octanol–water partition coefficient (Wildman–Crippen LogP) is 3.15. The summed E-state index contributed by atoms with van der Waals surface area (Å²) in [5.41, 5.74) is 2.28. The second kappa shape index (κ2) is 8.44. The van der Waals surface area contributed by atoms with Crippen molar-refractivity contribution in [2.24, 2.45) is 0 Å². The Balaban J connectivity index is 1.58. The number of hydrogen-bond acceptors (Lipinski definition) is 4. The van der Waals surface area contributed by atoms with Gasteiger partial charge >= 0.3 is 0 Å². The number of aliphatic hydroxyl groups excluding tert-OH is 1. The van der Waals surface area contributed by atoms with Crippen molar-refractivity contribution in [1.82, 2.24) is 10.2 Å². The quantitative estimate of drug-likeness (QED) is 0.763. The summed E-state index contributed by atoms with van der Waals surface area (Å²) >= 11 is 6.61. The molecular formula is C23H28ClN3O2. The second-order valence-electron chi connectivity index (χ2n) is 7.94. The number of aliphatic hydroxyl groups is 1. The van der Waals surface area contributed by atoms with E-state index in [1.165, 1.54) is 5.56 Å². The van der Waals surface area contributed by atoms with Crippen LogP contribution in [0, 0.1) is 0 Å². The molecule has 0 bridgehead atoms. The van der Waals surface area contributed by atoms with Crippen LogP contribution in [0.4, 0.5) is 5.69 Å². The van der Waals surface area contributed by atoms with Crippen molar-refractivity contribution in [3.63, 3.8) is 0 Å². The van der Waals surface area contributed by atoms with E-state index in [0.717, 1.165) is 37.4 Å². The second-order valence-corrected chi connectivity index (χ2v) is 8.35. The fourth-order valence-corrected chi connectivity index (χ4v) is 5.04. The largest absolute Gasteiger partial charge is 0.372 e. The number of carbonyl (C=O) groups is 1. The third-order valence-electron chi connectivity index (χ3n) is 6.19. The molecule has 2 aromatic rings. The first-order valence-corrected chi connectivity index (χ1v) is 10.7. The molecule has 2 aliphatic heterocycles. The fraction of sp³-hybridized carbons (Fsp3) is 0.435. The number of halogens is 1. The Kier molecular flexibility index (Phi) is 5.93. The molecule has 0 saturated carbocycles. The van der Waals surface area contributed by atoms with E-state index < -0.39 is 11.6 Å². The summed E-state index contributed by atoms with van der Waals surface area (Å²) in [5.74, 6) is -0.0228. The molecule has 1 saturated heterocycles. The molecule has 0 aromatic heterocycles. The molecule has 0 radical (unpaired) electrons. The van der Waals surface area contributed by atoms with Crippen molar-refractivity contribution in [1.29, 1.82) is 0 Å². The molecule has 4 rings (SSSR count). The lowest BCUT2D eigenvalue weighted by atomic mass is 9.73. The Labute approximate surface area is 177 Å². The highest BCUT2D eigenvalue weighted by atomic mass is 35.5. The molecule has 5 nitrogen and oxygen atoms in total. The summed E-state index contributed by atoms with van der Waals surface area (Å²) < 4.78 is 0. The van der Waals surface area contributed by atoms with E-state index in [2.05, 4.69) is 34.5 Å². The third-order valence-corrected chi connectivity index (χ3v) is 6.51. The van der Waals surface area contributed by atoms with Crippen LogP contribution in [0.25, 0.3) is 0 Å². The van der Waals surface area contributed by atoms with Gasteiger partial charge in [0, 0.05) is 23.7 Å². The minimum Gasteiger partial charge on any atom is -0.372 e. The van der Waals surface area contributed by atoms with Gasteiger partial charge in [0.2, 0.25) is 5.91 Å². The minimum absolute atomic E-state index is 0.0228. The fourth-order valence-electron chi connectivity index (χ4n) is 4.69. The maximum Gasteiger partial charge on any atom is 0.240 e. The number of amides is 1. The number of nitrogens with one attached hydrogen (secondary N) is 1. The Hall–Kier alpha value is -1.92. The summed E-state index contributed by atoms with van der Waals surface area (Å²) in [5, 5.41) is 14.5. The van der Waals surface area contributed by atoms with Gasteiger partial charge in [-0.1, -0.05) is 54.9 Å². The zero-order valence-electron chi connectivity index (χ0n) is 16.8. The number of nitrogens with zero attached hydrogens (tertiary/aromatic N) is 2. The van der Waals surface area contributed by atoms with E-state index >= 15 is 0 Å². The number of rotatable bonds is 6. The van der Waals surface area contributed by atoms with Crippen molar-refractivity contribution in [3.8, 4) is 0 Å². The first-order valence-electron chi connectivity index (χ1n) is 10.3. The summed E-state index contributed by atoms with van der Waals surface area (Å²) in [6.07, 6.45) is 0.515. The van der Waals surface area contributed by atoms with E-state index in [0.29, 0.717) is 24.4 Å². The minimum atomic E-state index is -0.901. The Bertz CT molecular complexity index is 866. The van der Waals surface area contributed by atoms with E-state index in [9.17, 15) is 9.90 Å². The van der Waals surface area contributed by atoms with Crippen LogP contribution >= 0.6 is 11.6 Å². The summed E-state index contributed by atoms with van der Waals surface area (Å²) in [6.45, 7) is 5.58. The van der Waals surface area contributed by atoms with Crippen LogP contribution in [-0.2, 0) is 16.8 Å². The van der Waals surface area contributed by atoms with Crippen LogP contribution in [0.3, 0.4) is 0 Å². The first-order chi connectivity index (χ1) is 14.1. The molecule has 29 heavy (non-hydrogen) atoms. The van der Waals surface area contributed by atoms with Gasteiger partial charge in [-0.2, -0.15) is 0 Å². The number of anilines is 1. The van der Waals surface area contributed by atoms with Gasteiger partial charge in [-0.15, -0.1) is 0 Å². The first kappa shape index (κ1) is 20.4. The van der Waals surface area contributed by atoms with Gasteiger partial charge in [0.05, 0.1) is 11.1 Å². The highest BCUT2D eigenvalue weighted by Gasteiger charge is 2.54. The van der Waals surface area contributed by atoms with Crippen LogP contribution in [0.5, 0.6) is 0 Å². The topological polar surface area (TPSA) is 55.8 Å². The van der Waals surface area contributed by atoms with Gasteiger partial charge < -0.3 is 10.4 Å². The number of likely N-dealkylation sites (N-methyl/N-ethyl adjacent to an activating group) is 1. The third kappa shape index (κ3) is 3.68. The van der Waals surface area contributed by atoms with Gasteiger partial charge in [0.15, 0.2) is 0 Å². The Morgan fingerprint density at radius 1 is 1.14 bits per heavy atom. The molecule has 2 aromatic carbocycles.